The molecular weight excluding hydrogens is 398 g/mol. The quantitative estimate of drug-likeness (QED) is 0.222. The lowest BCUT2D eigenvalue weighted by molar-refractivity contribution is -0.139. The predicted octanol–water partition coefficient (Wildman–Crippen LogP) is 1.30. The van der Waals surface area contributed by atoms with Gasteiger partial charge in [0.25, 0.3) is 5.91 Å². The number of nitrogens with zero attached hydrogens (tertiary/aromatic N) is 2. The summed E-state index contributed by atoms with van der Waals surface area (Å²) in [5, 5.41) is 12.3. The summed E-state index contributed by atoms with van der Waals surface area (Å²) in [7, 11) is 2.80. The van der Waals surface area contributed by atoms with Gasteiger partial charge in [0.2, 0.25) is 11.8 Å². The summed E-state index contributed by atoms with van der Waals surface area (Å²) < 4.78 is 25.0. The van der Waals surface area contributed by atoms with Gasteiger partial charge in [-0.15, -0.1) is 0 Å². The molecule has 2 rings (SSSR count). The zero-order valence-electron chi connectivity index (χ0n) is 17.0. The molecule has 30 heavy (non-hydrogen) atoms. The molecular formula is C19H25N3O8. The van der Waals surface area contributed by atoms with Crippen LogP contribution in [0.25, 0.3) is 11.6 Å². The second-order valence-electron chi connectivity index (χ2n) is 6.25. The molecule has 0 saturated carbocycles. The molecule has 0 aliphatic rings. The van der Waals surface area contributed by atoms with Crippen molar-refractivity contribution >= 4 is 11.9 Å². The van der Waals surface area contributed by atoms with E-state index in [1.54, 1.807) is 19.1 Å². The number of methoxy groups -OCH3 is 2. The molecule has 164 valence electrons. The first kappa shape index (κ1) is 23.3. The summed E-state index contributed by atoms with van der Waals surface area (Å²) in [6.07, 6.45) is 5.97. The van der Waals surface area contributed by atoms with Gasteiger partial charge in [0.05, 0.1) is 26.2 Å². The third-order valence-corrected chi connectivity index (χ3v) is 4.03. The van der Waals surface area contributed by atoms with E-state index in [1.165, 1.54) is 26.7 Å². The van der Waals surface area contributed by atoms with Crippen molar-refractivity contribution in [3.05, 3.63) is 36.3 Å². The Morgan fingerprint density at radius 3 is 2.77 bits per heavy atom. The molecule has 0 aliphatic heterocycles. The Balaban J connectivity index is 1.95. The van der Waals surface area contributed by atoms with Crippen LogP contribution in [0.3, 0.4) is 0 Å². The van der Waals surface area contributed by atoms with Crippen molar-refractivity contribution in [1.82, 2.24) is 15.3 Å². The van der Waals surface area contributed by atoms with E-state index in [0.29, 0.717) is 11.6 Å². The molecule has 11 heteroatoms. The van der Waals surface area contributed by atoms with Crippen molar-refractivity contribution in [2.75, 3.05) is 27.6 Å². The SMILES string of the molecule is COCOCc1nc(-c2nc(C(=O)N[C@@H](CO)[C@@H](C)/C=C/CC(=O)OC)co2)co1. The number of hydrogen-bond acceptors (Lipinski definition) is 10. The molecule has 0 unspecified atom stereocenters. The molecule has 2 aromatic heterocycles. The zero-order chi connectivity index (χ0) is 21.9. The number of rotatable bonds is 12. The van der Waals surface area contributed by atoms with Crippen LogP contribution in [-0.2, 0) is 25.6 Å². The van der Waals surface area contributed by atoms with Gasteiger partial charge in [0.1, 0.15) is 25.9 Å². The molecule has 2 N–H and O–H groups in total. The number of nitrogens with one attached hydrogen (secondary N) is 1. The van der Waals surface area contributed by atoms with Crippen LogP contribution in [0, 0.1) is 5.92 Å². The molecule has 11 nitrogen and oxygen atoms in total. The number of esters is 1. The number of carbonyl (C=O) groups excluding carboxylic acids is 2. The number of aliphatic hydroxyl groups excluding tert-OH is 1. The molecule has 0 aromatic carbocycles. The summed E-state index contributed by atoms with van der Waals surface area (Å²) in [6, 6.07) is -0.580. The van der Waals surface area contributed by atoms with Gasteiger partial charge in [-0.2, -0.15) is 0 Å². The second kappa shape index (κ2) is 11.9. The van der Waals surface area contributed by atoms with E-state index in [9.17, 15) is 14.7 Å². The van der Waals surface area contributed by atoms with Crippen LogP contribution < -0.4 is 5.32 Å². The van der Waals surface area contributed by atoms with Crippen LogP contribution in [0.2, 0.25) is 0 Å². The molecule has 0 fully saturated rings. The van der Waals surface area contributed by atoms with Gasteiger partial charge < -0.3 is 33.5 Å². The van der Waals surface area contributed by atoms with Gasteiger partial charge >= 0.3 is 5.97 Å². The van der Waals surface area contributed by atoms with E-state index in [1.807, 2.05) is 0 Å². The summed E-state index contributed by atoms with van der Waals surface area (Å²) >= 11 is 0. The van der Waals surface area contributed by atoms with Crippen molar-refractivity contribution in [3.8, 4) is 11.6 Å². The third-order valence-electron chi connectivity index (χ3n) is 4.03. The van der Waals surface area contributed by atoms with Crippen LogP contribution in [-0.4, -0.2) is 60.6 Å². The van der Waals surface area contributed by atoms with E-state index in [4.69, 9.17) is 18.3 Å². The van der Waals surface area contributed by atoms with Gasteiger partial charge in [-0.05, 0) is 5.92 Å². The fourth-order valence-corrected chi connectivity index (χ4v) is 2.37. The third kappa shape index (κ3) is 6.79. The molecule has 0 aliphatic carbocycles. The number of amides is 1. The minimum absolute atomic E-state index is 0.0226. The van der Waals surface area contributed by atoms with Crippen LogP contribution in [0.1, 0.15) is 29.7 Å². The number of ether oxygens (including phenoxy) is 3. The maximum Gasteiger partial charge on any atom is 0.309 e. The average Bonchev–Trinajstić information content (AvgIpc) is 3.41. The summed E-state index contributed by atoms with van der Waals surface area (Å²) in [6.45, 7) is 1.71. The van der Waals surface area contributed by atoms with E-state index in [2.05, 4.69) is 20.0 Å². The average molecular weight is 423 g/mol. The molecule has 0 bridgehead atoms. The van der Waals surface area contributed by atoms with Gasteiger partial charge in [0, 0.05) is 7.11 Å². The number of aromatic nitrogens is 2. The van der Waals surface area contributed by atoms with Crippen molar-refractivity contribution < 1.29 is 37.7 Å². The maximum atomic E-state index is 12.5. The summed E-state index contributed by atoms with van der Waals surface area (Å²) in [4.78, 5) is 31.9. The summed E-state index contributed by atoms with van der Waals surface area (Å²) in [5.74, 6) is -0.725. The number of carbonyl (C=O) groups is 2. The fourth-order valence-electron chi connectivity index (χ4n) is 2.37. The Labute approximate surface area is 173 Å². The monoisotopic (exact) mass is 423 g/mol. The van der Waals surface area contributed by atoms with Crippen molar-refractivity contribution in [2.45, 2.75) is 26.0 Å². The fraction of sp³-hybridized carbons (Fsp3) is 0.474. The normalized spacial score (nSPS) is 13.3. The Hall–Kier alpha value is -3.02. The first-order valence-electron chi connectivity index (χ1n) is 9.10. The first-order valence-corrected chi connectivity index (χ1v) is 9.10. The van der Waals surface area contributed by atoms with Gasteiger partial charge in [0.15, 0.2) is 11.4 Å². The molecule has 2 aromatic rings. The largest absolute Gasteiger partial charge is 0.469 e. The maximum absolute atomic E-state index is 12.5. The topological polar surface area (TPSA) is 146 Å². The van der Waals surface area contributed by atoms with E-state index < -0.39 is 11.9 Å². The highest BCUT2D eigenvalue weighted by Gasteiger charge is 2.21. The second-order valence-corrected chi connectivity index (χ2v) is 6.25. The lowest BCUT2D eigenvalue weighted by Gasteiger charge is -2.20. The first-order chi connectivity index (χ1) is 14.5. The van der Waals surface area contributed by atoms with Crippen molar-refractivity contribution in [2.24, 2.45) is 5.92 Å². The Morgan fingerprint density at radius 2 is 2.07 bits per heavy atom. The smallest absolute Gasteiger partial charge is 0.309 e. The van der Waals surface area contributed by atoms with Crippen molar-refractivity contribution in [3.63, 3.8) is 0 Å². The number of hydrogen-bond donors (Lipinski definition) is 2. The zero-order valence-corrected chi connectivity index (χ0v) is 17.0. The van der Waals surface area contributed by atoms with Crippen LogP contribution in [0.15, 0.2) is 33.5 Å². The Morgan fingerprint density at radius 1 is 1.27 bits per heavy atom. The molecule has 2 heterocycles. The van der Waals surface area contributed by atoms with E-state index >= 15 is 0 Å². The minimum atomic E-state index is -0.580. The molecule has 0 radical (unpaired) electrons. The highest BCUT2D eigenvalue weighted by molar-refractivity contribution is 5.92. The van der Waals surface area contributed by atoms with Gasteiger partial charge in [-0.25, -0.2) is 9.97 Å². The van der Waals surface area contributed by atoms with Gasteiger partial charge in [-0.1, -0.05) is 19.1 Å². The molecule has 1 amide bonds. The van der Waals surface area contributed by atoms with Crippen molar-refractivity contribution in [1.29, 1.82) is 0 Å². The lowest BCUT2D eigenvalue weighted by Crippen LogP contribution is -2.41. The standard InChI is InChI=1S/C19H25N3O8/c1-12(5-4-6-17(24)27-3)13(7-23)21-18(25)14-8-30-19(22-14)15-9-29-16(20-15)10-28-11-26-2/h4-5,8-9,12-13,23H,6-7,10-11H2,1-3H3,(H,21,25)/b5-4+/t12-,13-/m0/s1. The van der Waals surface area contributed by atoms with E-state index in [0.717, 1.165) is 0 Å². The predicted molar refractivity (Wildman–Crippen MR) is 102 cm³/mol. The minimum Gasteiger partial charge on any atom is -0.469 e. The highest BCUT2D eigenvalue weighted by Crippen LogP contribution is 2.19. The molecule has 0 spiro atoms. The highest BCUT2D eigenvalue weighted by atomic mass is 16.7. The lowest BCUT2D eigenvalue weighted by atomic mass is 10.0. The van der Waals surface area contributed by atoms with Gasteiger partial charge in [-0.3, -0.25) is 9.59 Å². The van der Waals surface area contributed by atoms with E-state index in [-0.39, 0.29) is 49.9 Å². The molecule has 2 atom stereocenters. The summed E-state index contributed by atoms with van der Waals surface area (Å²) in [5.41, 5.74) is 0.331. The number of oxazole rings is 2. The van der Waals surface area contributed by atoms with Crippen LogP contribution in [0.5, 0.6) is 0 Å². The Kier molecular flexibility index (Phi) is 9.19. The Bertz CT molecular complexity index is 844. The number of aliphatic hydroxyl groups is 1. The van der Waals surface area contributed by atoms with Crippen LogP contribution >= 0.6 is 0 Å². The molecule has 0 saturated heterocycles. The van der Waals surface area contributed by atoms with Crippen LogP contribution in [0.4, 0.5) is 0 Å².